The molecule has 0 unspecified atom stereocenters. The highest BCUT2D eigenvalue weighted by Crippen LogP contribution is 2.30. The molecule has 0 spiro atoms. The van der Waals surface area contributed by atoms with Crippen molar-refractivity contribution in [2.45, 2.75) is 50.9 Å². The second-order valence-corrected chi connectivity index (χ2v) is 10.9. The SMILES string of the molecule is S=c1n(CN2CCC(c3ccccc3)CC2)c2ccccc2n1CN1CCC(c2ccccc2)CC1. The van der Waals surface area contributed by atoms with Gasteiger partial charge in [0.05, 0.1) is 24.4 Å². The standard InChI is InChI=1S/C31H36N4S/c36-31-34(23-32-19-15-27(16-20-32)25-9-3-1-4-10-25)29-13-7-8-14-30(29)35(31)24-33-21-17-28(18-22-33)26-11-5-2-6-12-26/h1-14,27-28H,15-24H2. The van der Waals surface area contributed by atoms with Gasteiger partial charge in [-0.3, -0.25) is 9.80 Å². The topological polar surface area (TPSA) is 16.3 Å². The van der Waals surface area contributed by atoms with Crippen molar-refractivity contribution in [1.29, 1.82) is 0 Å². The van der Waals surface area contributed by atoms with E-state index >= 15 is 0 Å². The molecule has 3 heterocycles. The molecule has 2 aliphatic rings. The largest absolute Gasteiger partial charge is 0.303 e. The minimum absolute atomic E-state index is 0.676. The molecule has 0 N–H and O–H groups in total. The van der Waals surface area contributed by atoms with E-state index in [1.807, 2.05) is 0 Å². The van der Waals surface area contributed by atoms with Gasteiger partial charge >= 0.3 is 0 Å². The Hall–Kier alpha value is -2.73. The summed E-state index contributed by atoms with van der Waals surface area (Å²) in [5.41, 5.74) is 5.49. The molecule has 2 aliphatic heterocycles. The van der Waals surface area contributed by atoms with Gasteiger partial charge in [0.1, 0.15) is 0 Å². The second-order valence-electron chi connectivity index (χ2n) is 10.5. The highest BCUT2D eigenvalue weighted by molar-refractivity contribution is 7.71. The van der Waals surface area contributed by atoms with Crippen molar-refractivity contribution in [3.8, 4) is 0 Å². The van der Waals surface area contributed by atoms with E-state index in [9.17, 15) is 0 Å². The van der Waals surface area contributed by atoms with Crippen LogP contribution < -0.4 is 0 Å². The smallest absolute Gasteiger partial charge is 0.183 e. The lowest BCUT2D eigenvalue weighted by Gasteiger charge is -2.33. The molecule has 1 aromatic heterocycles. The average molecular weight is 497 g/mol. The van der Waals surface area contributed by atoms with Gasteiger partial charge in [0.25, 0.3) is 0 Å². The molecule has 0 amide bonds. The van der Waals surface area contributed by atoms with Crippen LogP contribution >= 0.6 is 12.2 Å². The molecule has 0 radical (unpaired) electrons. The van der Waals surface area contributed by atoms with E-state index in [1.165, 1.54) is 47.8 Å². The molecule has 186 valence electrons. The summed E-state index contributed by atoms with van der Waals surface area (Å²) in [4.78, 5) is 5.16. The number of hydrogen-bond donors (Lipinski definition) is 0. The fourth-order valence-electron chi connectivity index (χ4n) is 6.21. The highest BCUT2D eigenvalue weighted by Gasteiger charge is 2.24. The lowest BCUT2D eigenvalue weighted by molar-refractivity contribution is 0.161. The van der Waals surface area contributed by atoms with E-state index in [0.717, 1.165) is 44.3 Å². The first kappa shape index (κ1) is 23.7. The Morgan fingerprint density at radius 2 is 0.889 bits per heavy atom. The monoisotopic (exact) mass is 496 g/mol. The van der Waals surface area contributed by atoms with Crippen molar-refractivity contribution in [3.63, 3.8) is 0 Å². The number of fused-ring (bicyclic) bond motifs is 1. The molecule has 4 nitrogen and oxygen atoms in total. The zero-order valence-electron chi connectivity index (χ0n) is 21.0. The van der Waals surface area contributed by atoms with E-state index in [1.54, 1.807) is 0 Å². The van der Waals surface area contributed by atoms with Crippen LogP contribution in [0.5, 0.6) is 0 Å². The van der Waals surface area contributed by atoms with Gasteiger partial charge in [0.15, 0.2) is 4.77 Å². The number of para-hydroxylation sites is 2. The van der Waals surface area contributed by atoms with Crippen LogP contribution in [0.3, 0.4) is 0 Å². The number of imidazole rings is 1. The van der Waals surface area contributed by atoms with Gasteiger partial charge in [0.2, 0.25) is 0 Å². The highest BCUT2D eigenvalue weighted by atomic mass is 32.1. The first-order valence-corrected chi connectivity index (χ1v) is 13.9. The molecule has 0 aliphatic carbocycles. The van der Waals surface area contributed by atoms with Crippen LogP contribution in [0.2, 0.25) is 0 Å². The Morgan fingerprint density at radius 3 is 1.28 bits per heavy atom. The lowest BCUT2D eigenvalue weighted by atomic mass is 9.90. The summed E-state index contributed by atoms with van der Waals surface area (Å²) in [6, 6.07) is 30.8. The lowest BCUT2D eigenvalue weighted by Crippen LogP contribution is -2.35. The Bertz CT molecular complexity index is 1230. The van der Waals surface area contributed by atoms with Crippen molar-refractivity contribution in [1.82, 2.24) is 18.9 Å². The van der Waals surface area contributed by atoms with Crippen molar-refractivity contribution >= 4 is 23.3 Å². The molecule has 0 bridgehead atoms. The quantitative estimate of drug-likeness (QED) is 0.272. The third kappa shape index (κ3) is 4.93. The van der Waals surface area contributed by atoms with Crippen molar-refractivity contribution in [2.75, 3.05) is 26.2 Å². The molecule has 3 aromatic carbocycles. The zero-order chi connectivity index (χ0) is 24.3. The summed E-state index contributed by atoms with van der Waals surface area (Å²) in [6.07, 6.45) is 4.86. The molecule has 6 rings (SSSR count). The van der Waals surface area contributed by atoms with Crippen LogP contribution in [0.4, 0.5) is 0 Å². The molecule has 4 aromatic rings. The molecule has 0 saturated carbocycles. The summed E-state index contributed by atoms with van der Waals surface area (Å²) in [5, 5.41) is 0. The number of likely N-dealkylation sites (tertiary alicyclic amines) is 2. The first-order valence-electron chi connectivity index (χ1n) is 13.5. The third-order valence-corrected chi connectivity index (χ3v) is 8.77. The molecular weight excluding hydrogens is 460 g/mol. The fraction of sp³-hybridized carbons (Fsp3) is 0.387. The molecule has 2 fully saturated rings. The van der Waals surface area contributed by atoms with Crippen LogP contribution in [0.15, 0.2) is 84.9 Å². The van der Waals surface area contributed by atoms with Crippen molar-refractivity contribution in [2.24, 2.45) is 0 Å². The predicted octanol–water partition coefficient (Wildman–Crippen LogP) is 6.85. The van der Waals surface area contributed by atoms with Gasteiger partial charge < -0.3 is 9.13 Å². The van der Waals surface area contributed by atoms with Gasteiger partial charge in [-0.25, -0.2) is 0 Å². The third-order valence-electron chi connectivity index (χ3n) is 8.33. The maximum absolute atomic E-state index is 6.10. The zero-order valence-corrected chi connectivity index (χ0v) is 21.8. The van der Waals surface area contributed by atoms with E-state index in [4.69, 9.17) is 12.2 Å². The maximum Gasteiger partial charge on any atom is 0.183 e. The number of hydrogen-bond acceptors (Lipinski definition) is 3. The summed E-state index contributed by atoms with van der Waals surface area (Å²) < 4.78 is 5.68. The average Bonchev–Trinajstić information content (AvgIpc) is 3.21. The maximum atomic E-state index is 6.10. The number of nitrogens with zero attached hydrogens (tertiary/aromatic N) is 4. The fourth-order valence-corrected chi connectivity index (χ4v) is 6.52. The van der Waals surface area contributed by atoms with Crippen molar-refractivity contribution < 1.29 is 0 Å². The van der Waals surface area contributed by atoms with Crippen LogP contribution in [-0.4, -0.2) is 45.1 Å². The van der Waals surface area contributed by atoms with E-state index in [0.29, 0.717) is 11.8 Å². The summed E-state index contributed by atoms with van der Waals surface area (Å²) >= 11 is 6.10. The number of rotatable bonds is 6. The van der Waals surface area contributed by atoms with Crippen LogP contribution in [0, 0.1) is 4.77 Å². The van der Waals surface area contributed by atoms with Gasteiger partial charge in [-0.2, -0.15) is 0 Å². The summed E-state index contributed by atoms with van der Waals surface area (Å²) in [6.45, 7) is 6.23. The molecule has 36 heavy (non-hydrogen) atoms. The Morgan fingerprint density at radius 1 is 0.528 bits per heavy atom. The minimum Gasteiger partial charge on any atom is -0.303 e. The normalized spacial score (nSPS) is 18.7. The molecule has 0 atom stereocenters. The predicted molar refractivity (Wildman–Crippen MR) is 151 cm³/mol. The Balaban J connectivity index is 1.14. The minimum atomic E-state index is 0.676. The van der Waals surface area contributed by atoms with Gasteiger partial charge in [-0.15, -0.1) is 0 Å². The van der Waals surface area contributed by atoms with Gasteiger partial charge in [-0.05, 0) is 73.0 Å². The Kier molecular flexibility index (Phi) is 7.04. The van der Waals surface area contributed by atoms with Crippen LogP contribution in [0.25, 0.3) is 11.0 Å². The molecule has 2 saturated heterocycles. The van der Waals surface area contributed by atoms with Crippen LogP contribution in [0.1, 0.15) is 48.6 Å². The van der Waals surface area contributed by atoms with E-state index < -0.39 is 0 Å². The number of piperidine rings is 2. The number of benzene rings is 3. The second kappa shape index (κ2) is 10.7. The summed E-state index contributed by atoms with van der Waals surface area (Å²) in [7, 11) is 0. The van der Waals surface area contributed by atoms with Crippen LogP contribution in [-0.2, 0) is 13.3 Å². The first-order chi connectivity index (χ1) is 17.8. The van der Waals surface area contributed by atoms with E-state index in [2.05, 4.69) is 104 Å². The van der Waals surface area contributed by atoms with E-state index in [-0.39, 0.29) is 0 Å². The molecular formula is C31H36N4S. The summed E-state index contributed by atoms with van der Waals surface area (Å²) in [5.74, 6) is 1.35. The van der Waals surface area contributed by atoms with Gasteiger partial charge in [-0.1, -0.05) is 72.8 Å². The Labute approximate surface area is 219 Å². The number of aromatic nitrogens is 2. The molecule has 5 heteroatoms. The van der Waals surface area contributed by atoms with Gasteiger partial charge in [0, 0.05) is 26.2 Å². The van der Waals surface area contributed by atoms with Crippen molar-refractivity contribution in [3.05, 3.63) is 101 Å².